The summed E-state index contributed by atoms with van der Waals surface area (Å²) in [4.78, 5) is 18.2. The summed E-state index contributed by atoms with van der Waals surface area (Å²) in [5.74, 6) is 0.134. The quantitative estimate of drug-likeness (QED) is 0.852. The Labute approximate surface area is 153 Å². The van der Waals surface area contributed by atoms with Crippen LogP contribution in [-0.4, -0.2) is 39.6 Å². The number of carbonyl (C=O) groups is 1. The molecule has 0 spiro atoms. The van der Waals surface area contributed by atoms with Gasteiger partial charge in [0.15, 0.2) is 0 Å². The average molecular weight is 358 g/mol. The molecule has 0 bridgehead atoms. The lowest BCUT2D eigenvalue weighted by Crippen LogP contribution is -2.48. The summed E-state index contributed by atoms with van der Waals surface area (Å²) in [6.07, 6.45) is 3.40. The number of hydrogen-bond acceptors (Lipinski definition) is 3. The molecule has 1 aliphatic rings. The van der Waals surface area contributed by atoms with Crippen molar-refractivity contribution >= 4 is 17.5 Å². The van der Waals surface area contributed by atoms with E-state index in [2.05, 4.69) is 17.1 Å². The van der Waals surface area contributed by atoms with Gasteiger partial charge >= 0.3 is 0 Å². The summed E-state index contributed by atoms with van der Waals surface area (Å²) in [6, 6.07) is 12.9. The molecule has 2 aromatic rings. The average Bonchev–Trinajstić information content (AvgIpc) is 2.61. The standard InChI is InChI=1S/C20H22ClN2O2/c1-20(2,25)19(24)23-12-9-14(10-13-23)15-6-3-4-7-16(15)17-8-5-11-22-18(17)21/h3,5-8,11,14,25H,9-10,12-13H2,1-2H3. The van der Waals surface area contributed by atoms with Crippen LogP contribution in [0.4, 0.5) is 0 Å². The molecule has 0 unspecified atom stereocenters. The fourth-order valence-corrected chi connectivity index (χ4v) is 3.62. The van der Waals surface area contributed by atoms with Gasteiger partial charge in [0, 0.05) is 24.8 Å². The molecular formula is C20H22ClN2O2. The second-order valence-corrected chi connectivity index (χ2v) is 7.34. The number of aliphatic hydroxyl groups is 1. The number of carbonyl (C=O) groups excluding carboxylic acids is 1. The van der Waals surface area contributed by atoms with Gasteiger partial charge in [-0.1, -0.05) is 23.7 Å². The molecule has 2 heterocycles. The van der Waals surface area contributed by atoms with Crippen LogP contribution in [0, 0.1) is 6.07 Å². The van der Waals surface area contributed by atoms with E-state index in [-0.39, 0.29) is 5.91 Å². The van der Waals surface area contributed by atoms with Crippen molar-refractivity contribution in [2.45, 2.75) is 38.2 Å². The van der Waals surface area contributed by atoms with E-state index in [1.165, 1.54) is 19.4 Å². The van der Waals surface area contributed by atoms with E-state index in [0.717, 1.165) is 24.0 Å². The van der Waals surface area contributed by atoms with Crippen LogP contribution in [0.25, 0.3) is 11.1 Å². The van der Waals surface area contributed by atoms with E-state index < -0.39 is 5.60 Å². The van der Waals surface area contributed by atoms with Crippen LogP contribution in [0.5, 0.6) is 0 Å². The first kappa shape index (κ1) is 17.9. The normalized spacial score (nSPS) is 16.1. The van der Waals surface area contributed by atoms with Crippen molar-refractivity contribution < 1.29 is 9.90 Å². The molecule has 3 rings (SSSR count). The molecule has 131 valence electrons. The number of pyridine rings is 1. The van der Waals surface area contributed by atoms with E-state index >= 15 is 0 Å². The number of aromatic nitrogens is 1. The molecule has 5 heteroatoms. The summed E-state index contributed by atoms with van der Waals surface area (Å²) < 4.78 is 0. The predicted molar refractivity (Wildman–Crippen MR) is 98.4 cm³/mol. The van der Waals surface area contributed by atoms with Crippen molar-refractivity contribution in [2.75, 3.05) is 13.1 Å². The van der Waals surface area contributed by atoms with Gasteiger partial charge in [0.1, 0.15) is 10.8 Å². The highest BCUT2D eigenvalue weighted by atomic mass is 35.5. The van der Waals surface area contributed by atoms with Gasteiger partial charge in [-0.2, -0.15) is 0 Å². The van der Waals surface area contributed by atoms with Gasteiger partial charge in [-0.15, -0.1) is 0 Å². The number of hydrogen-bond donors (Lipinski definition) is 1. The van der Waals surface area contributed by atoms with E-state index in [1.54, 1.807) is 11.1 Å². The first-order valence-corrected chi connectivity index (χ1v) is 8.88. The molecule has 25 heavy (non-hydrogen) atoms. The highest BCUT2D eigenvalue weighted by molar-refractivity contribution is 6.32. The molecule has 0 saturated carbocycles. The number of nitrogens with zero attached hydrogens (tertiary/aromatic N) is 2. The third kappa shape index (κ3) is 3.86. The minimum absolute atomic E-state index is 0.206. The smallest absolute Gasteiger partial charge is 0.253 e. The SMILES string of the molecule is CC(C)(O)C(=O)N1CCC(c2cc[c]cc2-c2cccnc2Cl)CC1. The molecular weight excluding hydrogens is 336 g/mol. The Morgan fingerprint density at radius 2 is 2.04 bits per heavy atom. The fraction of sp³-hybridized carbons (Fsp3) is 0.400. The summed E-state index contributed by atoms with van der Waals surface area (Å²) in [5.41, 5.74) is 1.85. The molecule has 0 atom stereocenters. The largest absolute Gasteiger partial charge is 0.381 e. The van der Waals surface area contributed by atoms with Crippen molar-refractivity contribution in [3.05, 3.63) is 53.3 Å². The van der Waals surface area contributed by atoms with Gasteiger partial charge in [0.2, 0.25) is 0 Å². The van der Waals surface area contributed by atoms with Crippen molar-refractivity contribution in [3.63, 3.8) is 0 Å². The highest BCUT2D eigenvalue weighted by Gasteiger charge is 2.32. The van der Waals surface area contributed by atoms with Crippen molar-refractivity contribution in [2.24, 2.45) is 0 Å². The van der Waals surface area contributed by atoms with Crippen LogP contribution in [-0.2, 0) is 4.79 Å². The van der Waals surface area contributed by atoms with Crippen LogP contribution in [0.1, 0.15) is 38.2 Å². The maximum Gasteiger partial charge on any atom is 0.253 e. The van der Waals surface area contributed by atoms with Crippen molar-refractivity contribution in [1.82, 2.24) is 9.88 Å². The topological polar surface area (TPSA) is 53.4 Å². The van der Waals surface area contributed by atoms with Gasteiger partial charge in [0.25, 0.3) is 5.91 Å². The third-order valence-electron chi connectivity index (χ3n) is 4.69. The number of benzene rings is 1. The summed E-state index contributed by atoms with van der Waals surface area (Å²) in [5, 5.41) is 10.4. The molecule has 1 saturated heterocycles. The van der Waals surface area contributed by atoms with Crippen LogP contribution >= 0.6 is 11.6 Å². The summed E-state index contributed by atoms with van der Waals surface area (Å²) in [6.45, 7) is 4.37. The van der Waals surface area contributed by atoms with Crippen LogP contribution in [0.15, 0.2) is 36.5 Å². The Morgan fingerprint density at radius 1 is 1.32 bits per heavy atom. The first-order valence-electron chi connectivity index (χ1n) is 8.50. The Hall–Kier alpha value is -1.91. The number of rotatable bonds is 3. The van der Waals surface area contributed by atoms with Gasteiger partial charge in [-0.05, 0) is 68.0 Å². The highest BCUT2D eigenvalue weighted by Crippen LogP contribution is 2.37. The van der Waals surface area contributed by atoms with Gasteiger partial charge in [0.05, 0.1) is 0 Å². The molecule has 1 aliphatic heterocycles. The molecule has 1 radical (unpaired) electrons. The van der Waals surface area contributed by atoms with Gasteiger partial charge in [-0.3, -0.25) is 4.79 Å². The summed E-state index contributed by atoms with van der Waals surface area (Å²) in [7, 11) is 0. The number of halogens is 1. The fourth-order valence-electron chi connectivity index (χ4n) is 3.40. The lowest BCUT2D eigenvalue weighted by Gasteiger charge is -2.35. The lowest BCUT2D eigenvalue weighted by atomic mass is 9.84. The molecule has 1 fully saturated rings. The molecule has 1 N–H and O–H groups in total. The Morgan fingerprint density at radius 3 is 2.68 bits per heavy atom. The van der Waals surface area contributed by atoms with Gasteiger partial charge < -0.3 is 10.0 Å². The second-order valence-electron chi connectivity index (χ2n) is 6.98. The zero-order chi connectivity index (χ0) is 18.0. The molecule has 4 nitrogen and oxygen atoms in total. The Bertz CT molecular complexity index is 762. The second kappa shape index (κ2) is 7.14. The Kier molecular flexibility index (Phi) is 5.11. The van der Waals surface area contributed by atoms with Gasteiger partial charge in [-0.25, -0.2) is 4.98 Å². The maximum atomic E-state index is 12.2. The molecule has 1 amide bonds. The lowest BCUT2D eigenvalue weighted by molar-refractivity contribution is -0.148. The zero-order valence-electron chi connectivity index (χ0n) is 14.5. The maximum absolute atomic E-state index is 12.2. The van der Waals surface area contributed by atoms with Crippen LogP contribution < -0.4 is 0 Å². The van der Waals surface area contributed by atoms with E-state index in [1.807, 2.05) is 24.3 Å². The Balaban J connectivity index is 1.81. The molecule has 1 aromatic carbocycles. The predicted octanol–water partition coefficient (Wildman–Crippen LogP) is 3.68. The minimum Gasteiger partial charge on any atom is -0.381 e. The minimum atomic E-state index is -1.32. The van der Waals surface area contributed by atoms with Crippen molar-refractivity contribution in [3.8, 4) is 11.1 Å². The monoisotopic (exact) mass is 357 g/mol. The number of amides is 1. The van der Waals surface area contributed by atoms with Crippen molar-refractivity contribution in [1.29, 1.82) is 0 Å². The number of likely N-dealkylation sites (tertiary alicyclic amines) is 1. The first-order chi connectivity index (χ1) is 11.9. The molecule has 0 aliphatic carbocycles. The van der Waals surface area contributed by atoms with E-state index in [0.29, 0.717) is 24.2 Å². The number of piperidine rings is 1. The van der Waals surface area contributed by atoms with Crippen LogP contribution in [0.3, 0.4) is 0 Å². The third-order valence-corrected chi connectivity index (χ3v) is 4.99. The van der Waals surface area contributed by atoms with E-state index in [9.17, 15) is 9.90 Å². The van der Waals surface area contributed by atoms with Crippen LogP contribution in [0.2, 0.25) is 5.15 Å². The van der Waals surface area contributed by atoms with E-state index in [4.69, 9.17) is 11.6 Å². The summed E-state index contributed by atoms with van der Waals surface area (Å²) >= 11 is 6.28. The molecule has 1 aromatic heterocycles. The zero-order valence-corrected chi connectivity index (χ0v) is 15.3.